The van der Waals surface area contributed by atoms with Gasteiger partial charge in [-0.05, 0) is 32.2 Å². The Kier molecular flexibility index (Phi) is 6.83. The molecule has 1 saturated heterocycles. The van der Waals surface area contributed by atoms with Crippen molar-refractivity contribution in [1.29, 1.82) is 0 Å². The van der Waals surface area contributed by atoms with Gasteiger partial charge in [-0.25, -0.2) is 0 Å². The van der Waals surface area contributed by atoms with E-state index in [1.165, 1.54) is 90.3 Å². The SMILES string of the molecule is CCCCCCCN1CC2(CCCCC2)NCC1CC. The number of piperazine rings is 1. The van der Waals surface area contributed by atoms with E-state index in [9.17, 15) is 0 Å². The van der Waals surface area contributed by atoms with Crippen molar-refractivity contribution in [2.75, 3.05) is 19.6 Å². The van der Waals surface area contributed by atoms with Crippen molar-refractivity contribution in [1.82, 2.24) is 10.2 Å². The van der Waals surface area contributed by atoms with Crippen molar-refractivity contribution in [3.8, 4) is 0 Å². The van der Waals surface area contributed by atoms with Gasteiger partial charge in [0.25, 0.3) is 0 Å². The van der Waals surface area contributed by atoms with Gasteiger partial charge in [-0.2, -0.15) is 0 Å². The molecule has 0 aromatic rings. The quantitative estimate of drug-likeness (QED) is 0.698. The van der Waals surface area contributed by atoms with E-state index < -0.39 is 0 Å². The molecule has 1 aliphatic heterocycles. The van der Waals surface area contributed by atoms with Gasteiger partial charge in [0.1, 0.15) is 0 Å². The zero-order chi connectivity index (χ0) is 14.3. The second kappa shape index (κ2) is 8.38. The number of rotatable bonds is 7. The van der Waals surface area contributed by atoms with Crippen LogP contribution in [0.4, 0.5) is 0 Å². The van der Waals surface area contributed by atoms with Crippen LogP contribution in [0.1, 0.15) is 84.5 Å². The zero-order valence-electron chi connectivity index (χ0n) is 13.9. The fourth-order valence-corrected chi connectivity index (χ4v) is 4.18. The first-order valence-corrected chi connectivity index (χ1v) is 9.29. The van der Waals surface area contributed by atoms with Crippen molar-refractivity contribution >= 4 is 0 Å². The maximum atomic E-state index is 3.93. The Labute approximate surface area is 126 Å². The normalized spacial score (nSPS) is 27.0. The molecule has 2 rings (SSSR count). The van der Waals surface area contributed by atoms with Gasteiger partial charge >= 0.3 is 0 Å². The molecule has 0 bridgehead atoms. The Morgan fingerprint density at radius 1 is 1.00 bits per heavy atom. The topological polar surface area (TPSA) is 15.3 Å². The van der Waals surface area contributed by atoms with Crippen LogP contribution in [0, 0.1) is 0 Å². The average Bonchev–Trinajstić information content (AvgIpc) is 2.48. The second-order valence-corrected chi connectivity index (χ2v) is 7.17. The maximum Gasteiger partial charge on any atom is 0.0309 e. The fraction of sp³-hybridized carbons (Fsp3) is 1.00. The standard InChI is InChI=1S/C18H36N2/c1-3-5-6-7-11-14-20-16-18(12-9-8-10-13-18)19-15-17(20)4-2/h17,19H,3-16H2,1-2H3. The molecule has 118 valence electrons. The van der Waals surface area contributed by atoms with Crippen LogP contribution in [0.15, 0.2) is 0 Å². The van der Waals surface area contributed by atoms with Gasteiger partial charge < -0.3 is 5.32 Å². The highest BCUT2D eigenvalue weighted by Gasteiger charge is 2.38. The van der Waals surface area contributed by atoms with E-state index in [-0.39, 0.29) is 0 Å². The van der Waals surface area contributed by atoms with Crippen LogP contribution >= 0.6 is 0 Å². The van der Waals surface area contributed by atoms with Crippen molar-refractivity contribution in [2.24, 2.45) is 0 Å². The lowest BCUT2D eigenvalue weighted by atomic mass is 9.79. The molecule has 0 radical (unpaired) electrons. The van der Waals surface area contributed by atoms with Crippen LogP contribution in [0.25, 0.3) is 0 Å². The monoisotopic (exact) mass is 280 g/mol. The van der Waals surface area contributed by atoms with Crippen molar-refractivity contribution in [3.63, 3.8) is 0 Å². The Balaban J connectivity index is 1.79. The summed E-state index contributed by atoms with van der Waals surface area (Å²) in [5.41, 5.74) is 0.480. The van der Waals surface area contributed by atoms with Crippen LogP contribution in [0.2, 0.25) is 0 Å². The van der Waals surface area contributed by atoms with Gasteiger partial charge in [0.05, 0.1) is 0 Å². The highest BCUT2D eigenvalue weighted by molar-refractivity contribution is 4.99. The highest BCUT2D eigenvalue weighted by atomic mass is 15.3. The predicted octanol–water partition coefficient (Wildman–Crippen LogP) is 4.34. The predicted molar refractivity (Wildman–Crippen MR) is 88.2 cm³/mol. The summed E-state index contributed by atoms with van der Waals surface area (Å²) < 4.78 is 0. The molecule has 0 aromatic heterocycles. The molecule has 2 fully saturated rings. The molecule has 1 atom stereocenters. The van der Waals surface area contributed by atoms with Gasteiger partial charge in [-0.15, -0.1) is 0 Å². The lowest BCUT2D eigenvalue weighted by Gasteiger charge is -2.49. The van der Waals surface area contributed by atoms with Gasteiger partial charge in [0.15, 0.2) is 0 Å². The second-order valence-electron chi connectivity index (χ2n) is 7.17. The van der Waals surface area contributed by atoms with Gasteiger partial charge in [-0.1, -0.05) is 58.8 Å². The van der Waals surface area contributed by atoms with Crippen LogP contribution in [-0.4, -0.2) is 36.1 Å². The first kappa shape index (κ1) is 16.3. The summed E-state index contributed by atoms with van der Waals surface area (Å²) >= 11 is 0. The summed E-state index contributed by atoms with van der Waals surface area (Å²) in [6.07, 6.45) is 15.5. The molecule has 2 aliphatic rings. The van der Waals surface area contributed by atoms with E-state index in [0.717, 1.165) is 6.04 Å². The van der Waals surface area contributed by atoms with Gasteiger partial charge in [0, 0.05) is 24.7 Å². The summed E-state index contributed by atoms with van der Waals surface area (Å²) in [6, 6.07) is 0.786. The minimum absolute atomic E-state index is 0.480. The molecule has 1 N–H and O–H groups in total. The number of hydrogen-bond acceptors (Lipinski definition) is 2. The van der Waals surface area contributed by atoms with Crippen LogP contribution < -0.4 is 5.32 Å². The van der Waals surface area contributed by atoms with E-state index in [0.29, 0.717) is 5.54 Å². The Morgan fingerprint density at radius 2 is 1.75 bits per heavy atom. The van der Waals surface area contributed by atoms with Crippen molar-refractivity contribution < 1.29 is 0 Å². The number of hydrogen-bond donors (Lipinski definition) is 1. The first-order chi connectivity index (χ1) is 9.79. The third-order valence-electron chi connectivity index (χ3n) is 5.57. The third-order valence-corrected chi connectivity index (χ3v) is 5.57. The summed E-state index contributed by atoms with van der Waals surface area (Å²) in [5, 5.41) is 3.93. The first-order valence-electron chi connectivity index (χ1n) is 9.29. The zero-order valence-corrected chi connectivity index (χ0v) is 13.9. The van der Waals surface area contributed by atoms with Crippen LogP contribution in [0.3, 0.4) is 0 Å². The molecule has 2 heteroatoms. The van der Waals surface area contributed by atoms with Crippen LogP contribution in [-0.2, 0) is 0 Å². The maximum absolute atomic E-state index is 3.93. The van der Waals surface area contributed by atoms with E-state index in [1.807, 2.05) is 0 Å². The van der Waals surface area contributed by atoms with E-state index >= 15 is 0 Å². The molecule has 1 spiro atoms. The number of nitrogens with one attached hydrogen (secondary N) is 1. The molecule has 20 heavy (non-hydrogen) atoms. The van der Waals surface area contributed by atoms with Gasteiger partial charge in [-0.3, -0.25) is 4.90 Å². The molecular weight excluding hydrogens is 244 g/mol. The Hall–Kier alpha value is -0.0800. The smallest absolute Gasteiger partial charge is 0.0309 e. The average molecular weight is 280 g/mol. The summed E-state index contributed by atoms with van der Waals surface area (Å²) in [6.45, 7) is 8.54. The highest BCUT2D eigenvalue weighted by Crippen LogP contribution is 2.32. The summed E-state index contributed by atoms with van der Waals surface area (Å²) in [4.78, 5) is 2.83. The third kappa shape index (κ3) is 4.46. The lowest BCUT2D eigenvalue weighted by Crippen LogP contribution is -2.64. The largest absolute Gasteiger partial charge is 0.308 e. The van der Waals surface area contributed by atoms with E-state index in [2.05, 4.69) is 24.1 Å². The fourth-order valence-electron chi connectivity index (χ4n) is 4.18. The molecule has 0 aromatic carbocycles. The van der Waals surface area contributed by atoms with Crippen molar-refractivity contribution in [2.45, 2.75) is 96.1 Å². The molecule has 1 unspecified atom stereocenters. The number of unbranched alkanes of at least 4 members (excludes halogenated alkanes) is 4. The summed E-state index contributed by atoms with van der Waals surface area (Å²) in [5.74, 6) is 0. The minimum Gasteiger partial charge on any atom is -0.308 e. The Morgan fingerprint density at radius 3 is 2.45 bits per heavy atom. The van der Waals surface area contributed by atoms with Crippen molar-refractivity contribution in [3.05, 3.63) is 0 Å². The molecule has 1 heterocycles. The minimum atomic E-state index is 0.480. The van der Waals surface area contributed by atoms with E-state index in [4.69, 9.17) is 0 Å². The molecular formula is C18H36N2. The van der Waals surface area contributed by atoms with Gasteiger partial charge in [0.2, 0.25) is 0 Å². The lowest BCUT2D eigenvalue weighted by molar-refractivity contribution is 0.0528. The summed E-state index contributed by atoms with van der Waals surface area (Å²) in [7, 11) is 0. The van der Waals surface area contributed by atoms with Crippen LogP contribution in [0.5, 0.6) is 0 Å². The molecule has 2 nitrogen and oxygen atoms in total. The van der Waals surface area contributed by atoms with E-state index in [1.54, 1.807) is 0 Å². The molecule has 0 amide bonds. The molecule has 1 saturated carbocycles. The Bertz CT molecular complexity index is 258. The number of nitrogens with zero attached hydrogens (tertiary/aromatic N) is 1. The molecule has 1 aliphatic carbocycles.